The van der Waals surface area contributed by atoms with E-state index in [1.165, 1.54) is 14.2 Å². The van der Waals surface area contributed by atoms with Crippen LogP contribution in [0.2, 0.25) is 0 Å². The van der Waals surface area contributed by atoms with Gasteiger partial charge in [0.1, 0.15) is 6.04 Å². The number of carbonyl (C=O) groups is 2. The summed E-state index contributed by atoms with van der Waals surface area (Å²) in [5.74, 6) is -0.822. The minimum Gasteiger partial charge on any atom is -0.469 e. The summed E-state index contributed by atoms with van der Waals surface area (Å²) in [5, 5.41) is 0. The van der Waals surface area contributed by atoms with Crippen LogP contribution in [0.15, 0.2) is 11.1 Å². The van der Waals surface area contributed by atoms with Crippen molar-refractivity contribution < 1.29 is 19.1 Å². The Morgan fingerprint density at radius 1 is 1.33 bits per heavy atom. The molecule has 1 aliphatic rings. The zero-order valence-electron chi connectivity index (χ0n) is 10.6. The number of methoxy groups -OCH3 is 2. The quantitative estimate of drug-likeness (QED) is 0.731. The maximum atomic E-state index is 11.8. The second-order valence-electron chi connectivity index (χ2n) is 4.27. The Morgan fingerprint density at radius 2 is 1.94 bits per heavy atom. The van der Waals surface area contributed by atoms with Gasteiger partial charge in [-0.05, 0) is 12.8 Å². The molecule has 0 spiro atoms. The smallest absolute Gasteiger partial charge is 0.323 e. The molecule has 0 aromatic rings. The predicted molar refractivity (Wildman–Crippen MR) is 70.2 cm³/mol. The molecule has 18 heavy (non-hydrogen) atoms. The number of ether oxygens (including phenoxy) is 2. The van der Waals surface area contributed by atoms with Crippen LogP contribution in [0.1, 0.15) is 12.8 Å². The Morgan fingerprint density at radius 3 is 2.44 bits per heavy atom. The van der Waals surface area contributed by atoms with Gasteiger partial charge in [-0.2, -0.15) is 0 Å². The van der Waals surface area contributed by atoms with Crippen molar-refractivity contribution in [3.8, 4) is 0 Å². The largest absolute Gasteiger partial charge is 0.469 e. The maximum absolute atomic E-state index is 11.8. The van der Waals surface area contributed by atoms with Crippen LogP contribution in [-0.2, 0) is 19.1 Å². The molecule has 102 valence electrons. The SMILES string of the molecule is C=C(Br)CN1CC[C@H](C(=O)OC)C[C@H]1C(=O)OC. The van der Waals surface area contributed by atoms with Crippen LogP contribution in [-0.4, -0.2) is 50.2 Å². The second kappa shape index (κ2) is 6.89. The van der Waals surface area contributed by atoms with Crippen molar-refractivity contribution in [1.82, 2.24) is 4.90 Å². The van der Waals surface area contributed by atoms with Gasteiger partial charge in [-0.1, -0.05) is 22.5 Å². The predicted octanol–water partition coefficient (Wildman–Crippen LogP) is 1.32. The van der Waals surface area contributed by atoms with Gasteiger partial charge in [-0.15, -0.1) is 0 Å². The number of carbonyl (C=O) groups excluding carboxylic acids is 2. The molecule has 1 rings (SSSR count). The fraction of sp³-hybridized carbons (Fsp3) is 0.667. The third-order valence-electron chi connectivity index (χ3n) is 3.10. The summed E-state index contributed by atoms with van der Waals surface area (Å²) >= 11 is 3.29. The van der Waals surface area contributed by atoms with Gasteiger partial charge in [0, 0.05) is 17.6 Å². The molecule has 0 aliphatic carbocycles. The van der Waals surface area contributed by atoms with Gasteiger partial charge in [-0.25, -0.2) is 0 Å². The molecule has 0 saturated carbocycles. The molecule has 5 nitrogen and oxygen atoms in total. The highest BCUT2D eigenvalue weighted by Gasteiger charge is 2.37. The molecule has 1 saturated heterocycles. The minimum atomic E-state index is -0.415. The molecular weight excluding hydrogens is 302 g/mol. The van der Waals surface area contributed by atoms with E-state index in [1.54, 1.807) is 0 Å². The summed E-state index contributed by atoms with van der Waals surface area (Å²) < 4.78 is 10.3. The fourth-order valence-corrected chi connectivity index (χ4v) is 2.51. The molecule has 2 atom stereocenters. The van der Waals surface area contributed by atoms with Gasteiger partial charge in [0.15, 0.2) is 0 Å². The third kappa shape index (κ3) is 3.81. The van der Waals surface area contributed by atoms with Gasteiger partial charge in [0.05, 0.1) is 20.1 Å². The molecule has 0 N–H and O–H groups in total. The van der Waals surface area contributed by atoms with E-state index < -0.39 is 6.04 Å². The topological polar surface area (TPSA) is 55.8 Å². The number of hydrogen-bond acceptors (Lipinski definition) is 5. The maximum Gasteiger partial charge on any atom is 0.323 e. The number of esters is 2. The van der Waals surface area contributed by atoms with E-state index in [9.17, 15) is 9.59 Å². The molecule has 0 aromatic heterocycles. The first-order valence-electron chi connectivity index (χ1n) is 5.72. The Hall–Kier alpha value is -0.880. The lowest BCUT2D eigenvalue weighted by molar-refractivity contribution is -0.154. The van der Waals surface area contributed by atoms with Gasteiger partial charge in [0.2, 0.25) is 0 Å². The van der Waals surface area contributed by atoms with Crippen LogP contribution in [0.25, 0.3) is 0 Å². The van der Waals surface area contributed by atoms with Crippen molar-refractivity contribution in [3.05, 3.63) is 11.1 Å². The summed E-state index contributed by atoms with van der Waals surface area (Å²) in [5.41, 5.74) is 0. The standard InChI is InChI=1S/C12H18BrNO4/c1-8(13)7-14-5-4-9(11(15)17-2)6-10(14)12(16)18-3/h9-10H,1,4-7H2,2-3H3/t9-,10-/m0/s1. The Balaban J connectivity index is 2.75. The molecule has 1 aliphatic heterocycles. The van der Waals surface area contributed by atoms with Crippen molar-refractivity contribution in [3.63, 3.8) is 0 Å². The van der Waals surface area contributed by atoms with Crippen molar-refractivity contribution >= 4 is 27.9 Å². The first kappa shape index (κ1) is 15.2. The van der Waals surface area contributed by atoms with Crippen molar-refractivity contribution in [1.29, 1.82) is 0 Å². The number of likely N-dealkylation sites (tertiary alicyclic amines) is 1. The Kier molecular flexibility index (Phi) is 5.81. The number of rotatable bonds is 4. The molecule has 1 fully saturated rings. The number of halogens is 1. The lowest BCUT2D eigenvalue weighted by Crippen LogP contribution is -2.49. The Labute approximate surface area is 115 Å². The number of nitrogens with zero attached hydrogens (tertiary/aromatic N) is 1. The van der Waals surface area contributed by atoms with Gasteiger partial charge < -0.3 is 9.47 Å². The van der Waals surface area contributed by atoms with E-state index >= 15 is 0 Å². The van der Waals surface area contributed by atoms with Crippen LogP contribution >= 0.6 is 15.9 Å². The lowest BCUT2D eigenvalue weighted by atomic mass is 9.91. The van der Waals surface area contributed by atoms with Crippen LogP contribution < -0.4 is 0 Å². The zero-order valence-corrected chi connectivity index (χ0v) is 12.2. The first-order chi connectivity index (χ1) is 8.49. The minimum absolute atomic E-state index is 0.237. The normalized spacial score (nSPS) is 24.4. The van der Waals surface area contributed by atoms with Crippen LogP contribution in [0, 0.1) is 5.92 Å². The molecule has 0 aromatic carbocycles. The van der Waals surface area contributed by atoms with E-state index in [0.717, 1.165) is 4.48 Å². The van der Waals surface area contributed by atoms with Crippen LogP contribution in [0.4, 0.5) is 0 Å². The van der Waals surface area contributed by atoms with Crippen LogP contribution in [0.3, 0.4) is 0 Å². The molecule has 0 bridgehead atoms. The number of hydrogen-bond donors (Lipinski definition) is 0. The summed E-state index contributed by atoms with van der Waals surface area (Å²) in [4.78, 5) is 25.2. The summed E-state index contributed by atoms with van der Waals surface area (Å²) in [6.07, 6.45) is 1.11. The molecule has 0 amide bonds. The Bertz CT molecular complexity index is 345. The highest BCUT2D eigenvalue weighted by atomic mass is 79.9. The van der Waals surface area contributed by atoms with E-state index in [4.69, 9.17) is 9.47 Å². The highest BCUT2D eigenvalue weighted by Crippen LogP contribution is 2.26. The van der Waals surface area contributed by atoms with Gasteiger partial charge in [0.25, 0.3) is 0 Å². The van der Waals surface area contributed by atoms with Crippen molar-refractivity contribution in [2.45, 2.75) is 18.9 Å². The van der Waals surface area contributed by atoms with Gasteiger partial charge in [-0.3, -0.25) is 14.5 Å². The van der Waals surface area contributed by atoms with Gasteiger partial charge >= 0.3 is 11.9 Å². The van der Waals surface area contributed by atoms with E-state index in [2.05, 4.69) is 22.5 Å². The fourth-order valence-electron chi connectivity index (χ4n) is 2.19. The van der Waals surface area contributed by atoms with E-state index in [-0.39, 0.29) is 17.9 Å². The zero-order chi connectivity index (χ0) is 13.7. The molecule has 0 radical (unpaired) electrons. The summed E-state index contributed by atoms with van der Waals surface area (Å²) in [6, 6.07) is -0.415. The molecule has 6 heteroatoms. The molecule has 0 unspecified atom stereocenters. The average molecular weight is 320 g/mol. The van der Waals surface area contributed by atoms with Crippen LogP contribution in [0.5, 0.6) is 0 Å². The molecule has 1 heterocycles. The summed E-state index contributed by atoms with van der Waals surface area (Å²) in [6.45, 7) is 4.98. The number of piperidine rings is 1. The monoisotopic (exact) mass is 319 g/mol. The lowest BCUT2D eigenvalue weighted by Gasteiger charge is -2.36. The second-order valence-corrected chi connectivity index (χ2v) is 5.39. The first-order valence-corrected chi connectivity index (χ1v) is 6.51. The average Bonchev–Trinajstić information content (AvgIpc) is 2.36. The van der Waals surface area contributed by atoms with E-state index in [1.807, 2.05) is 4.90 Å². The highest BCUT2D eigenvalue weighted by molar-refractivity contribution is 9.11. The molecular formula is C12H18BrNO4. The van der Waals surface area contributed by atoms with Crippen molar-refractivity contribution in [2.75, 3.05) is 27.3 Å². The summed E-state index contributed by atoms with van der Waals surface area (Å²) in [7, 11) is 2.72. The van der Waals surface area contributed by atoms with E-state index in [0.29, 0.717) is 25.9 Å². The van der Waals surface area contributed by atoms with Crippen molar-refractivity contribution in [2.24, 2.45) is 5.92 Å². The third-order valence-corrected chi connectivity index (χ3v) is 3.35.